The number of H-pyrrole nitrogens is 1. The van der Waals surface area contributed by atoms with Gasteiger partial charge in [-0.05, 0) is 37.1 Å². The number of rotatable bonds is 8. The third kappa shape index (κ3) is 5.26. The fraction of sp³-hybridized carbons (Fsp3) is 0.231. The van der Waals surface area contributed by atoms with E-state index in [1.807, 2.05) is 67.7 Å². The molecule has 2 atom stereocenters. The maximum Gasteiger partial charge on any atom is 0.408 e. The van der Waals surface area contributed by atoms with Gasteiger partial charge in [0.05, 0.1) is 18.6 Å². The van der Waals surface area contributed by atoms with Crippen molar-refractivity contribution in [1.82, 2.24) is 15.6 Å². The summed E-state index contributed by atoms with van der Waals surface area (Å²) in [6.07, 6.45) is 4.49. The Labute approximate surface area is 192 Å². The molecule has 7 nitrogen and oxygen atoms in total. The number of amides is 2. The molecule has 0 saturated heterocycles. The number of hydrogen-bond acceptors (Lipinski definition) is 4. The molecule has 0 unspecified atom stereocenters. The van der Waals surface area contributed by atoms with Crippen molar-refractivity contribution in [1.29, 1.82) is 0 Å². The number of para-hydroxylation sites is 1. The van der Waals surface area contributed by atoms with Gasteiger partial charge in [0.25, 0.3) is 0 Å². The largest absolute Gasteiger partial charge is 0.472 e. The highest BCUT2D eigenvalue weighted by Gasteiger charge is 2.37. The first kappa shape index (κ1) is 22.2. The first-order chi connectivity index (χ1) is 15.9. The van der Waals surface area contributed by atoms with E-state index in [2.05, 4.69) is 15.6 Å². The summed E-state index contributed by atoms with van der Waals surface area (Å²) in [6, 6.07) is 19.0. The molecule has 0 fully saturated rings. The number of alkyl carbamates (subject to hydrolysis) is 1. The SMILES string of the molecule is C[C@@H](NC(=O)[C@@](C)(Cc1c[nH]c2ccccc12)NC(=O)OCc1ccoc1)c1ccccc1. The van der Waals surface area contributed by atoms with Gasteiger partial charge in [0.15, 0.2) is 0 Å². The van der Waals surface area contributed by atoms with E-state index < -0.39 is 11.6 Å². The predicted molar refractivity (Wildman–Crippen MR) is 125 cm³/mol. The number of fused-ring (bicyclic) bond motifs is 1. The summed E-state index contributed by atoms with van der Waals surface area (Å²) in [5.41, 5.74) is 2.34. The molecule has 0 bridgehead atoms. The number of benzene rings is 2. The number of furan rings is 1. The minimum atomic E-state index is -1.25. The molecule has 0 aliphatic carbocycles. The Balaban J connectivity index is 1.54. The van der Waals surface area contributed by atoms with Gasteiger partial charge in [0.2, 0.25) is 5.91 Å². The average Bonchev–Trinajstić information content (AvgIpc) is 3.48. The fourth-order valence-electron chi connectivity index (χ4n) is 3.81. The standard InChI is InChI=1S/C26H27N3O4/c1-18(20-8-4-3-5-9-20)28-24(30)26(2,29-25(31)33-17-19-12-13-32-16-19)14-21-15-27-23-11-7-6-10-22(21)23/h3-13,15-16,18,27H,14,17H2,1-2H3,(H,28,30)(H,29,31)/t18-,26-/m1/s1. The molecule has 2 amide bonds. The first-order valence-electron chi connectivity index (χ1n) is 10.8. The Morgan fingerprint density at radius 1 is 1.09 bits per heavy atom. The third-order valence-corrected chi connectivity index (χ3v) is 5.70. The van der Waals surface area contributed by atoms with Gasteiger partial charge < -0.3 is 24.8 Å². The molecule has 4 rings (SSSR count). The zero-order chi connectivity index (χ0) is 23.3. The normalized spacial score (nSPS) is 13.8. The van der Waals surface area contributed by atoms with Gasteiger partial charge in [0.1, 0.15) is 12.1 Å². The number of carbonyl (C=O) groups is 2. The summed E-state index contributed by atoms with van der Waals surface area (Å²) in [4.78, 5) is 29.4. The van der Waals surface area contributed by atoms with E-state index in [9.17, 15) is 9.59 Å². The molecule has 0 radical (unpaired) electrons. The van der Waals surface area contributed by atoms with Crippen LogP contribution in [0.15, 0.2) is 83.8 Å². The van der Waals surface area contributed by atoms with E-state index in [4.69, 9.17) is 9.15 Å². The fourth-order valence-corrected chi connectivity index (χ4v) is 3.81. The van der Waals surface area contributed by atoms with Crippen molar-refractivity contribution < 1.29 is 18.7 Å². The lowest BCUT2D eigenvalue weighted by Crippen LogP contribution is -2.58. The molecular weight excluding hydrogens is 418 g/mol. The number of hydrogen-bond donors (Lipinski definition) is 3. The molecule has 2 aromatic heterocycles. The molecule has 33 heavy (non-hydrogen) atoms. The van der Waals surface area contributed by atoms with Gasteiger partial charge in [-0.25, -0.2) is 4.79 Å². The Bertz CT molecular complexity index is 1220. The third-order valence-electron chi connectivity index (χ3n) is 5.70. The Kier molecular flexibility index (Phi) is 6.49. The summed E-state index contributed by atoms with van der Waals surface area (Å²) < 4.78 is 10.3. The van der Waals surface area contributed by atoms with Crippen LogP contribution in [-0.4, -0.2) is 22.5 Å². The number of ether oxygens (including phenoxy) is 1. The summed E-state index contributed by atoms with van der Waals surface area (Å²) in [7, 11) is 0. The van der Waals surface area contributed by atoms with Crippen LogP contribution in [0.25, 0.3) is 10.9 Å². The van der Waals surface area contributed by atoms with Crippen molar-refractivity contribution in [2.45, 2.75) is 38.5 Å². The van der Waals surface area contributed by atoms with E-state index in [1.165, 1.54) is 12.5 Å². The number of aromatic nitrogens is 1. The van der Waals surface area contributed by atoms with E-state index in [-0.39, 0.29) is 25.0 Å². The Hall–Kier alpha value is -4.00. The number of nitrogens with one attached hydrogen (secondary N) is 3. The molecule has 2 heterocycles. The molecule has 0 aliphatic rings. The van der Waals surface area contributed by atoms with Crippen LogP contribution in [0.5, 0.6) is 0 Å². The topological polar surface area (TPSA) is 96.4 Å². The smallest absolute Gasteiger partial charge is 0.408 e. The lowest BCUT2D eigenvalue weighted by molar-refractivity contribution is -0.127. The molecule has 2 aromatic carbocycles. The van der Waals surface area contributed by atoms with Crippen LogP contribution < -0.4 is 10.6 Å². The van der Waals surface area contributed by atoms with Crippen LogP contribution in [0.1, 0.15) is 36.6 Å². The van der Waals surface area contributed by atoms with Crippen molar-refractivity contribution in [3.05, 3.63) is 96.1 Å². The van der Waals surface area contributed by atoms with Crippen molar-refractivity contribution in [2.24, 2.45) is 0 Å². The second-order valence-electron chi connectivity index (χ2n) is 8.31. The van der Waals surface area contributed by atoms with Gasteiger partial charge in [0, 0.05) is 29.1 Å². The summed E-state index contributed by atoms with van der Waals surface area (Å²) in [5, 5.41) is 6.84. The molecule has 4 aromatic rings. The predicted octanol–water partition coefficient (Wildman–Crippen LogP) is 4.87. The highest BCUT2D eigenvalue weighted by atomic mass is 16.5. The molecule has 0 saturated carbocycles. The minimum Gasteiger partial charge on any atom is -0.472 e. The maximum absolute atomic E-state index is 13.5. The van der Waals surface area contributed by atoms with Gasteiger partial charge in [-0.15, -0.1) is 0 Å². The van der Waals surface area contributed by atoms with E-state index in [1.54, 1.807) is 13.0 Å². The summed E-state index contributed by atoms with van der Waals surface area (Å²) in [5.74, 6) is -0.301. The van der Waals surface area contributed by atoms with Gasteiger partial charge >= 0.3 is 6.09 Å². The van der Waals surface area contributed by atoms with Crippen molar-refractivity contribution in [2.75, 3.05) is 0 Å². The maximum atomic E-state index is 13.5. The van der Waals surface area contributed by atoms with Crippen LogP contribution in [-0.2, 0) is 22.6 Å². The minimum absolute atomic E-state index is 0.0491. The Morgan fingerprint density at radius 2 is 1.85 bits per heavy atom. The second kappa shape index (κ2) is 9.65. The van der Waals surface area contributed by atoms with Gasteiger partial charge in [-0.3, -0.25) is 4.79 Å². The van der Waals surface area contributed by atoms with Crippen LogP contribution in [0.2, 0.25) is 0 Å². The van der Waals surface area contributed by atoms with Crippen LogP contribution in [0.4, 0.5) is 4.79 Å². The lowest BCUT2D eigenvalue weighted by atomic mass is 9.91. The second-order valence-corrected chi connectivity index (χ2v) is 8.31. The average molecular weight is 446 g/mol. The van der Waals surface area contributed by atoms with Gasteiger partial charge in [-0.2, -0.15) is 0 Å². The Morgan fingerprint density at radius 3 is 2.61 bits per heavy atom. The van der Waals surface area contributed by atoms with Crippen molar-refractivity contribution in [3.63, 3.8) is 0 Å². The lowest BCUT2D eigenvalue weighted by Gasteiger charge is -2.30. The van der Waals surface area contributed by atoms with Crippen LogP contribution >= 0.6 is 0 Å². The van der Waals surface area contributed by atoms with Crippen LogP contribution in [0.3, 0.4) is 0 Å². The highest BCUT2D eigenvalue weighted by Crippen LogP contribution is 2.24. The van der Waals surface area contributed by atoms with E-state index in [0.29, 0.717) is 0 Å². The summed E-state index contributed by atoms with van der Waals surface area (Å²) >= 11 is 0. The van der Waals surface area contributed by atoms with E-state index >= 15 is 0 Å². The van der Waals surface area contributed by atoms with Crippen molar-refractivity contribution in [3.8, 4) is 0 Å². The summed E-state index contributed by atoms with van der Waals surface area (Å²) in [6.45, 7) is 3.67. The zero-order valence-corrected chi connectivity index (χ0v) is 18.6. The van der Waals surface area contributed by atoms with Crippen molar-refractivity contribution >= 4 is 22.9 Å². The number of carbonyl (C=O) groups excluding carboxylic acids is 2. The zero-order valence-electron chi connectivity index (χ0n) is 18.6. The van der Waals surface area contributed by atoms with E-state index in [0.717, 1.165) is 27.6 Å². The quantitative estimate of drug-likeness (QED) is 0.361. The van der Waals surface area contributed by atoms with Gasteiger partial charge in [-0.1, -0.05) is 48.5 Å². The monoisotopic (exact) mass is 445 g/mol. The molecule has 7 heteroatoms. The molecule has 3 N–H and O–H groups in total. The first-order valence-corrected chi connectivity index (χ1v) is 10.8. The molecule has 0 spiro atoms. The highest BCUT2D eigenvalue weighted by molar-refractivity contribution is 5.91. The molecular formula is C26H27N3O4. The van der Waals surface area contributed by atoms with Crippen LogP contribution in [0, 0.1) is 0 Å². The number of aromatic amines is 1. The molecule has 170 valence electrons. The molecule has 0 aliphatic heterocycles.